The molecule has 2 aromatic carbocycles. The molecule has 2 N–H and O–H groups in total. The summed E-state index contributed by atoms with van der Waals surface area (Å²) in [6.45, 7) is -0.0711. The van der Waals surface area contributed by atoms with Gasteiger partial charge in [-0.2, -0.15) is 0 Å². The molecule has 0 fully saturated rings. The number of rotatable bonds is 6. The van der Waals surface area contributed by atoms with Crippen LogP contribution in [0.5, 0.6) is 5.75 Å². The number of esters is 1. The second-order valence-electron chi connectivity index (χ2n) is 7.94. The number of ether oxygens (including phenoxy) is 2. The number of halogens is 2. The lowest BCUT2D eigenvalue weighted by Gasteiger charge is -2.14. The summed E-state index contributed by atoms with van der Waals surface area (Å²) in [7, 11) is 1.27. The summed E-state index contributed by atoms with van der Waals surface area (Å²) >= 11 is 0. The number of hydrogen-bond acceptors (Lipinski definition) is 4. The van der Waals surface area contributed by atoms with Crippen molar-refractivity contribution >= 4 is 22.8 Å². The van der Waals surface area contributed by atoms with E-state index >= 15 is 0 Å². The molecule has 1 aliphatic carbocycles. The Morgan fingerprint density at radius 2 is 1.91 bits per heavy atom. The Morgan fingerprint density at radius 3 is 2.59 bits per heavy atom. The molecule has 0 saturated heterocycles. The van der Waals surface area contributed by atoms with Crippen LogP contribution in [0.4, 0.5) is 8.78 Å². The number of carbonyl (C=O) groups excluding carboxylic acids is 2. The first-order valence-corrected chi connectivity index (χ1v) is 10.5. The molecule has 0 aliphatic heterocycles. The van der Waals surface area contributed by atoms with Crippen molar-refractivity contribution in [2.75, 3.05) is 13.7 Å². The first-order valence-electron chi connectivity index (χ1n) is 10.5. The highest BCUT2D eigenvalue weighted by atomic mass is 19.1. The summed E-state index contributed by atoms with van der Waals surface area (Å²) < 4.78 is 40.1. The number of benzene rings is 2. The standard InChI is InChI=1S/C24H24F2N2O4/c1-31-21(29)13-32-20-8-4-7-19-23(20)22-17(24(27)30)5-2-3-6-18(22)28(19)12-14-9-15(25)11-16(26)10-14/h4,7-11,17H,2-3,5-6,12-13H2,1H3,(H2,27,30). The summed E-state index contributed by atoms with van der Waals surface area (Å²) in [5, 5.41) is 0.689. The smallest absolute Gasteiger partial charge is 0.343 e. The Balaban J connectivity index is 1.92. The maximum atomic E-state index is 13.8. The summed E-state index contributed by atoms with van der Waals surface area (Å²) in [6.07, 6.45) is 2.95. The van der Waals surface area contributed by atoms with Gasteiger partial charge in [0.15, 0.2) is 6.61 Å². The maximum absolute atomic E-state index is 13.8. The minimum absolute atomic E-state index is 0.215. The molecule has 3 aromatic rings. The van der Waals surface area contributed by atoms with E-state index in [0.717, 1.165) is 35.7 Å². The number of primary amides is 1. The van der Waals surface area contributed by atoms with Crippen LogP contribution >= 0.6 is 0 Å². The molecule has 0 bridgehead atoms. The number of amides is 1. The van der Waals surface area contributed by atoms with Gasteiger partial charge in [-0.15, -0.1) is 0 Å². The van der Waals surface area contributed by atoms with Crippen LogP contribution in [-0.4, -0.2) is 30.2 Å². The van der Waals surface area contributed by atoms with Crippen molar-refractivity contribution in [2.24, 2.45) is 5.73 Å². The highest BCUT2D eigenvalue weighted by Gasteiger charge is 2.31. The molecule has 0 radical (unpaired) electrons. The number of aromatic nitrogens is 1. The van der Waals surface area contributed by atoms with Gasteiger partial charge in [0, 0.05) is 23.7 Å². The number of fused-ring (bicyclic) bond motifs is 3. The van der Waals surface area contributed by atoms with E-state index in [2.05, 4.69) is 4.74 Å². The lowest BCUT2D eigenvalue weighted by Crippen LogP contribution is -2.21. The van der Waals surface area contributed by atoms with Crippen molar-refractivity contribution in [3.63, 3.8) is 0 Å². The summed E-state index contributed by atoms with van der Waals surface area (Å²) in [5.74, 6) is -2.37. The topological polar surface area (TPSA) is 83.6 Å². The summed E-state index contributed by atoms with van der Waals surface area (Å²) in [6, 6.07) is 8.78. The molecule has 0 spiro atoms. The third-order valence-corrected chi connectivity index (χ3v) is 5.89. The molecule has 32 heavy (non-hydrogen) atoms. The fraction of sp³-hybridized carbons (Fsp3) is 0.333. The van der Waals surface area contributed by atoms with E-state index in [1.54, 1.807) is 12.1 Å². The monoisotopic (exact) mass is 442 g/mol. The predicted molar refractivity (Wildman–Crippen MR) is 114 cm³/mol. The molecule has 1 amide bonds. The third kappa shape index (κ3) is 4.17. The number of methoxy groups -OCH3 is 1. The molecule has 8 heteroatoms. The van der Waals surface area contributed by atoms with Crippen molar-refractivity contribution < 1.29 is 27.8 Å². The first-order chi connectivity index (χ1) is 15.4. The summed E-state index contributed by atoms with van der Waals surface area (Å²) in [5.41, 5.74) is 8.64. The number of nitrogens with two attached hydrogens (primary N) is 1. The fourth-order valence-corrected chi connectivity index (χ4v) is 4.55. The second-order valence-corrected chi connectivity index (χ2v) is 7.94. The largest absolute Gasteiger partial charge is 0.481 e. The van der Waals surface area contributed by atoms with Gasteiger partial charge in [0.1, 0.15) is 17.4 Å². The van der Waals surface area contributed by atoms with Crippen LogP contribution in [0.3, 0.4) is 0 Å². The molecular weight excluding hydrogens is 418 g/mol. The zero-order valence-electron chi connectivity index (χ0n) is 17.7. The highest BCUT2D eigenvalue weighted by Crippen LogP contribution is 2.42. The Labute approximate surface area is 183 Å². The Bertz CT molecular complexity index is 1170. The minimum Gasteiger partial charge on any atom is -0.481 e. The van der Waals surface area contributed by atoms with Gasteiger partial charge in [0.2, 0.25) is 5.91 Å². The van der Waals surface area contributed by atoms with Gasteiger partial charge < -0.3 is 19.8 Å². The molecule has 1 unspecified atom stereocenters. The van der Waals surface area contributed by atoms with E-state index in [4.69, 9.17) is 10.5 Å². The predicted octanol–water partition coefficient (Wildman–Crippen LogP) is 3.81. The van der Waals surface area contributed by atoms with Crippen LogP contribution in [0.2, 0.25) is 0 Å². The fourth-order valence-electron chi connectivity index (χ4n) is 4.55. The van der Waals surface area contributed by atoms with E-state index in [1.807, 2.05) is 10.6 Å². The number of carbonyl (C=O) groups is 2. The zero-order valence-corrected chi connectivity index (χ0v) is 17.7. The van der Waals surface area contributed by atoms with E-state index in [-0.39, 0.29) is 13.2 Å². The lowest BCUT2D eigenvalue weighted by molar-refractivity contribution is -0.142. The van der Waals surface area contributed by atoms with Crippen molar-refractivity contribution in [3.05, 3.63) is 64.9 Å². The molecule has 6 nitrogen and oxygen atoms in total. The average molecular weight is 442 g/mol. The molecular formula is C24H24F2N2O4. The number of nitrogens with zero attached hydrogens (tertiary/aromatic N) is 1. The van der Waals surface area contributed by atoms with Crippen LogP contribution in [0, 0.1) is 11.6 Å². The van der Waals surface area contributed by atoms with Gasteiger partial charge in [0.05, 0.1) is 18.5 Å². The van der Waals surface area contributed by atoms with Crippen LogP contribution in [-0.2, 0) is 27.3 Å². The van der Waals surface area contributed by atoms with E-state index in [9.17, 15) is 18.4 Å². The maximum Gasteiger partial charge on any atom is 0.343 e. The summed E-state index contributed by atoms with van der Waals surface area (Å²) in [4.78, 5) is 24.0. The Kier molecular flexibility index (Phi) is 6.12. The lowest BCUT2D eigenvalue weighted by atomic mass is 9.92. The average Bonchev–Trinajstić information content (AvgIpc) is 2.90. The quantitative estimate of drug-likeness (QED) is 0.465. The number of hydrogen-bond donors (Lipinski definition) is 1. The van der Waals surface area contributed by atoms with Crippen molar-refractivity contribution in [1.82, 2.24) is 4.57 Å². The SMILES string of the molecule is COC(=O)COc1cccc2c1c1c(n2Cc2cc(F)cc(F)c2)CCCCC1C(N)=O. The molecule has 1 aromatic heterocycles. The molecule has 1 aliphatic rings. The van der Waals surface area contributed by atoms with Gasteiger partial charge in [-0.3, -0.25) is 4.79 Å². The van der Waals surface area contributed by atoms with Crippen molar-refractivity contribution in [3.8, 4) is 5.75 Å². The first kappa shape index (κ1) is 21.8. The highest BCUT2D eigenvalue weighted by molar-refractivity contribution is 5.97. The Hall–Kier alpha value is -3.42. The zero-order chi connectivity index (χ0) is 22.8. The van der Waals surface area contributed by atoms with E-state index < -0.39 is 29.4 Å². The van der Waals surface area contributed by atoms with Crippen LogP contribution in [0.1, 0.15) is 42.0 Å². The van der Waals surface area contributed by atoms with Gasteiger partial charge in [-0.05, 0) is 54.7 Å². The minimum atomic E-state index is -0.653. The van der Waals surface area contributed by atoms with Crippen LogP contribution < -0.4 is 10.5 Å². The normalized spacial score (nSPS) is 15.8. The van der Waals surface area contributed by atoms with Gasteiger partial charge in [-0.25, -0.2) is 13.6 Å². The van der Waals surface area contributed by atoms with Gasteiger partial charge in [0.25, 0.3) is 0 Å². The molecule has 1 heterocycles. The Morgan fingerprint density at radius 1 is 1.16 bits per heavy atom. The van der Waals surface area contributed by atoms with Gasteiger partial charge >= 0.3 is 5.97 Å². The van der Waals surface area contributed by atoms with Crippen LogP contribution in [0.25, 0.3) is 10.9 Å². The van der Waals surface area contributed by atoms with Crippen LogP contribution in [0.15, 0.2) is 36.4 Å². The van der Waals surface area contributed by atoms with E-state index in [0.29, 0.717) is 29.5 Å². The molecule has 4 rings (SSSR count). The molecule has 0 saturated carbocycles. The second kappa shape index (κ2) is 8.98. The van der Waals surface area contributed by atoms with E-state index in [1.165, 1.54) is 19.2 Å². The molecule has 168 valence electrons. The van der Waals surface area contributed by atoms with Crippen molar-refractivity contribution in [2.45, 2.75) is 38.1 Å². The van der Waals surface area contributed by atoms with Gasteiger partial charge in [-0.1, -0.05) is 12.5 Å². The third-order valence-electron chi connectivity index (χ3n) is 5.89. The van der Waals surface area contributed by atoms with Crippen molar-refractivity contribution in [1.29, 1.82) is 0 Å². The molecule has 1 atom stereocenters.